The Hall–Kier alpha value is -2.93. The molecule has 3 rings (SSSR count). The average molecular weight is 311 g/mol. The van der Waals surface area contributed by atoms with E-state index in [1.165, 1.54) is 16.7 Å². The first-order chi connectivity index (χ1) is 11.6. The van der Waals surface area contributed by atoms with Crippen molar-refractivity contribution in [1.29, 1.82) is 0 Å². The standard InChI is InChI=1S/C23H21N/c1-17-9-7-13-22(15-17)23-14-8-12-21(16-23)19(3)24-18(2)20-10-5-4-6-11-20/h4-16H,3H2,1-2H3. The second kappa shape index (κ2) is 7.10. The molecule has 3 aromatic rings. The summed E-state index contributed by atoms with van der Waals surface area (Å²) in [6.45, 7) is 8.28. The summed E-state index contributed by atoms with van der Waals surface area (Å²) in [5, 5.41) is 0. The lowest BCUT2D eigenvalue weighted by molar-refractivity contribution is 1.45. The molecule has 0 aromatic heterocycles. The van der Waals surface area contributed by atoms with Crippen LogP contribution in [-0.4, -0.2) is 5.71 Å². The van der Waals surface area contributed by atoms with Crippen molar-refractivity contribution in [2.24, 2.45) is 4.99 Å². The second-order valence-electron chi connectivity index (χ2n) is 5.96. The topological polar surface area (TPSA) is 12.4 Å². The molecule has 0 atom stereocenters. The fourth-order valence-corrected chi connectivity index (χ4v) is 2.71. The molecule has 0 amide bonds. The third-order valence-corrected chi connectivity index (χ3v) is 4.04. The van der Waals surface area contributed by atoms with Crippen LogP contribution in [0.3, 0.4) is 0 Å². The smallest absolute Gasteiger partial charge is 0.0633 e. The van der Waals surface area contributed by atoms with Gasteiger partial charge in [0, 0.05) is 11.3 Å². The first-order valence-electron chi connectivity index (χ1n) is 8.10. The van der Waals surface area contributed by atoms with E-state index in [9.17, 15) is 0 Å². The number of nitrogens with zero attached hydrogens (tertiary/aromatic N) is 1. The van der Waals surface area contributed by atoms with Crippen LogP contribution in [0.15, 0.2) is 90.4 Å². The van der Waals surface area contributed by atoms with E-state index in [4.69, 9.17) is 4.99 Å². The van der Waals surface area contributed by atoms with Crippen molar-refractivity contribution in [3.05, 3.63) is 102 Å². The molecule has 0 spiro atoms. The zero-order chi connectivity index (χ0) is 16.9. The number of aliphatic imine (C=N–C) groups is 1. The number of benzene rings is 3. The molecule has 0 radical (unpaired) electrons. The van der Waals surface area contributed by atoms with Crippen LogP contribution < -0.4 is 0 Å². The van der Waals surface area contributed by atoms with E-state index in [1.807, 2.05) is 25.1 Å². The summed E-state index contributed by atoms with van der Waals surface area (Å²) in [6.07, 6.45) is 0. The monoisotopic (exact) mass is 311 g/mol. The number of hydrogen-bond acceptors (Lipinski definition) is 1. The summed E-state index contributed by atoms with van der Waals surface area (Å²) in [7, 11) is 0. The highest BCUT2D eigenvalue weighted by atomic mass is 14.7. The van der Waals surface area contributed by atoms with Crippen molar-refractivity contribution in [1.82, 2.24) is 0 Å². The van der Waals surface area contributed by atoms with Gasteiger partial charge in [-0.3, -0.25) is 4.99 Å². The molecule has 0 fully saturated rings. The van der Waals surface area contributed by atoms with Crippen molar-refractivity contribution in [3.63, 3.8) is 0 Å². The number of hydrogen-bond donors (Lipinski definition) is 0. The van der Waals surface area contributed by atoms with Crippen LogP contribution in [0.2, 0.25) is 0 Å². The van der Waals surface area contributed by atoms with E-state index >= 15 is 0 Å². The number of aryl methyl sites for hydroxylation is 1. The van der Waals surface area contributed by atoms with Gasteiger partial charge in [0.2, 0.25) is 0 Å². The van der Waals surface area contributed by atoms with Gasteiger partial charge in [0.15, 0.2) is 0 Å². The molecule has 0 N–H and O–H groups in total. The largest absolute Gasteiger partial charge is 0.253 e. The average Bonchev–Trinajstić information content (AvgIpc) is 2.62. The summed E-state index contributed by atoms with van der Waals surface area (Å²) in [6, 6.07) is 27.1. The SMILES string of the molecule is C=C(N=C(C)c1ccccc1)c1cccc(-c2cccc(C)c2)c1. The lowest BCUT2D eigenvalue weighted by Gasteiger charge is -2.08. The van der Waals surface area contributed by atoms with Crippen molar-refractivity contribution in [2.45, 2.75) is 13.8 Å². The van der Waals surface area contributed by atoms with Gasteiger partial charge >= 0.3 is 0 Å². The van der Waals surface area contributed by atoms with Gasteiger partial charge in [-0.2, -0.15) is 0 Å². The lowest BCUT2D eigenvalue weighted by atomic mass is 10.0. The van der Waals surface area contributed by atoms with Gasteiger partial charge in [0.25, 0.3) is 0 Å². The molecule has 0 saturated heterocycles. The molecule has 0 aliphatic heterocycles. The molecule has 1 heteroatoms. The van der Waals surface area contributed by atoms with Crippen molar-refractivity contribution in [3.8, 4) is 11.1 Å². The predicted octanol–water partition coefficient (Wildman–Crippen LogP) is 6.14. The van der Waals surface area contributed by atoms with Crippen LogP contribution in [0.4, 0.5) is 0 Å². The molecule has 118 valence electrons. The van der Waals surface area contributed by atoms with Gasteiger partial charge in [-0.15, -0.1) is 0 Å². The van der Waals surface area contributed by atoms with E-state index < -0.39 is 0 Å². The van der Waals surface area contributed by atoms with Gasteiger partial charge < -0.3 is 0 Å². The van der Waals surface area contributed by atoms with Gasteiger partial charge in [0.1, 0.15) is 0 Å². The lowest BCUT2D eigenvalue weighted by Crippen LogP contribution is -1.94. The Labute approximate surface area is 144 Å². The summed E-state index contributed by atoms with van der Waals surface area (Å²) < 4.78 is 0. The molecule has 0 aliphatic carbocycles. The molecule has 1 nitrogen and oxygen atoms in total. The minimum atomic E-state index is 0.783. The normalized spacial score (nSPS) is 11.3. The van der Waals surface area contributed by atoms with E-state index in [1.54, 1.807) is 0 Å². The van der Waals surface area contributed by atoms with E-state index in [0.717, 1.165) is 22.5 Å². The molecule has 0 saturated carbocycles. The Morgan fingerprint density at radius 2 is 1.38 bits per heavy atom. The second-order valence-corrected chi connectivity index (χ2v) is 5.96. The molecule has 0 unspecified atom stereocenters. The van der Waals surface area contributed by atoms with Crippen molar-refractivity contribution < 1.29 is 0 Å². The summed E-state index contributed by atoms with van der Waals surface area (Å²) >= 11 is 0. The Morgan fingerprint density at radius 1 is 0.750 bits per heavy atom. The Morgan fingerprint density at radius 3 is 2.08 bits per heavy atom. The Bertz CT molecular complexity index is 889. The zero-order valence-corrected chi connectivity index (χ0v) is 14.2. The predicted molar refractivity (Wildman–Crippen MR) is 104 cm³/mol. The van der Waals surface area contributed by atoms with E-state index in [2.05, 4.69) is 74.2 Å². The van der Waals surface area contributed by atoms with Crippen LogP contribution in [0.5, 0.6) is 0 Å². The van der Waals surface area contributed by atoms with Crippen LogP contribution in [0.1, 0.15) is 23.6 Å². The molecule has 24 heavy (non-hydrogen) atoms. The Balaban J connectivity index is 1.90. The van der Waals surface area contributed by atoms with E-state index in [-0.39, 0.29) is 0 Å². The summed E-state index contributed by atoms with van der Waals surface area (Å²) in [4.78, 5) is 4.69. The fourth-order valence-electron chi connectivity index (χ4n) is 2.71. The molecule has 3 aromatic carbocycles. The van der Waals surface area contributed by atoms with Crippen LogP contribution >= 0.6 is 0 Å². The van der Waals surface area contributed by atoms with Crippen LogP contribution in [0, 0.1) is 6.92 Å². The van der Waals surface area contributed by atoms with Crippen molar-refractivity contribution in [2.75, 3.05) is 0 Å². The maximum absolute atomic E-state index is 4.69. The molecular weight excluding hydrogens is 290 g/mol. The van der Waals surface area contributed by atoms with Gasteiger partial charge in [-0.05, 0) is 36.6 Å². The maximum Gasteiger partial charge on any atom is 0.0633 e. The first kappa shape index (κ1) is 15.9. The van der Waals surface area contributed by atoms with Gasteiger partial charge in [-0.25, -0.2) is 0 Å². The van der Waals surface area contributed by atoms with Crippen molar-refractivity contribution >= 4 is 11.4 Å². The first-order valence-corrected chi connectivity index (χ1v) is 8.10. The summed E-state index contributed by atoms with van der Waals surface area (Å²) in [5.41, 5.74) is 7.58. The maximum atomic E-state index is 4.69. The molecule has 0 aliphatic rings. The number of rotatable bonds is 4. The van der Waals surface area contributed by atoms with Gasteiger partial charge in [-0.1, -0.05) is 84.9 Å². The quantitative estimate of drug-likeness (QED) is 0.513. The minimum absolute atomic E-state index is 0.783. The van der Waals surface area contributed by atoms with E-state index in [0.29, 0.717) is 0 Å². The fraction of sp³-hybridized carbons (Fsp3) is 0.0870. The minimum Gasteiger partial charge on any atom is -0.253 e. The highest BCUT2D eigenvalue weighted by Gasteiger charge is 2.03. The third-order valence-electron chi connectivity index (χ3n) is 4.04. The highest BCUT2D eigenvalue weighted by molar-refractivity contribution is 6.01. The summed E-state index contributed by atoms with van der Waals surface area (Å²) in [5.74, 6) is 0. The third kappa shape index (κ3) is 3.69. The van der Waals surface area contributed by atoms with Crippen LogP contribution in [0.25, 0.3) is 16.8 Å². The Kier molecular flexibility index (Phi) is 4.72. The van der Waals surface area contributed by atoms with Crippen LogP contribution in [-0.2, 0) is 0 Å². The molecule has 0 bridgehead atoms. The molecule has 0 heterocycles. The zero-order valence-electron chi connectivity index (χ0n) is 14.2. The van der Waals surface area contributed by atoms with Gasteiger partial charge in [0.05, 0.1) is 5.70 Å². The molecular formula is C23H21N. The highest BCUT2D eigenvalue weighted by Crippen LogP contribution is 2.25.